The van der Waals surface area contributed by atoms with Crippen LogP contribution in [0.25, 0.3) is 0 Å². The highest BCUT2D eigenvalue weighted by Crippen LogP contribution is 2.12. The highest BCUT2D eigenvalue weighted by molar-refractivity contribution is 5.83. The molecule has 130 valence electrons. The van der Waals surface area contributed by atoms with Crippen LogP contribution < -0.4 is 10.6 Å². The fourth-order valence-corrected chi connectivity index (χ4v) is 2.67. The Bertz CT molecular complexity index is 806. The van der Waals surface area contributed by atoms with Crippen LogP contribution in [0.5, 0.6) is 0 Å². The molecule has 0 saturated carbocycles. The van der Waals surface area contributed by atoms with Crippen molar-refractivity contribution in [2.24, 2.45) is 7.05 Å². The molecule has 0 radical (unpaired) electrons. The summed E-state index contributed by atoms with van der Waals surface area (Å²) in [7, 11) is 3.60. The van der Waals surface area contributed by atoms with Crippen molar-refractivity contribution in [2.75, 3.05) is 7.05 Å². The monoisotopic (exact) mass is 338 g/mol. The number of hydrogen-bond donors (Lipinski definition) is 2. The Morgan fingerprint density at radius 1 is 1.20 bits per heavy atom. The summed E-state index contributed by atoms with van der Waals surface area (Å²) < 4.78 is 3.56. The predicted molar refractivity (Wildman–Crippen MR) is 94.6 cm³/mol. The Labute approximate surface area is 146 Å². The SMILES string of the molecule is CNC(C(=O)NCc1ccc(Cn2cccn2)cc1)c1cnn(C)c1. The summed E-state index contributed by atoms with van der Waals surface area (Å²) in [5.74, 6) is -0.0730. The van der Waals surface area contributed by atoms with Gasteiger partial charge in [-0.05, 0) is 24.2 Å². The minimum Gasteiger partial charge on any atom is -0.350 e. The van der Waals surface area contributed by atoms with Crippen LogP contribution in [-0.2, 0) is 24.9 Å². The first kappa shape index (κ1) is 16.9. The Balaban J connectivity index is 1.56. The molecule has 0 spiro atoms. The van der Waals surface area contributed by atoms with E-state index in [-0.39, 0.29) is 5.91 Å². The molecule has 2 aromatic heterocycles. The molecule has 1 atom stereocenters. The molecule has 0 aliphatic carbocycles. The summed E-state index contributed by atoms with van der Waals surface area (Å²) >= 11 is 0. The third-order valence-electron chi connectivity index (χ3n) is 4.00. The maximum absolute atomic E-state index is 12.4. The van der Waals surface area contributed by atoms with E-state index in [4.69, 9.17) is 0 Å². The zero-order valence-corrected chi connectivity index (χ0v) is 14.4. The van der Waals surface area contributed by atoms with Gasteiger partial charge < -0.3 is 10.6 Å². The average molecular weight is 338 g/mol. The minimum atomic E-state index is -0.409. The maximum atomic E-state index is 12.4. The van der Waals surface area contributed by atoms with Crippen LogP contribution in [0.2, 0.25) is 0 Å². The number of aromatic nitrogens is 4. The van der Waals surface area contributed by atoms with Gasteiger partial charge in [0.15, 0.2) is 0 Å². The third-order valence-corrected chi connectivity index (χ3v) is 4.00. The van der Waals surface area contributed by atoms with Crippen LogP contribution >= 0.6 is 0 Å². The summed E-state index contributed by atoms with van der Waals surface area (Å²) in [6.45, 7) is 1.22. The number of likely N-dealkylation sites (N-methyl/N-ethyl adjacent to an activating group) is 1. The summed E-state index contributed by atoms with van der Waals surface area (Å²) in [6, 6.07) is 9.66. The number of rotatable bonds is 7. The second-order valence-electron chi connectivity index (χ2n) is 5.91. The molecule has 2 heterocycles. The molecular formula is C18H22N6O. The Hall–Kier alpha value is -2.93. The van der Waals surface area contributed by atoms with Gasteiger partial charge in [0.1, 0.15) is 6.04 Å². The van der Waals surface area contributed by atoms with E-state index < -0.39 is 6.04 Å². The number of benzene rings is 1. The number of carbonyl (C=O) groups is 1. The molecular weight excluding hydrogens is 316 g/mol. The fraction of sp³-hybridized carbons (Fsp3) is 0.278. The molecule has 0 aliphatic heterocycles. The molecule has 1 unspecified atom stereocenters. The van der Waals surface area contributed by atoms with E-state index in [1.54, 1.807) is 24.1 Å². The van der Waals surface area contributed by atoms with Gasteiger partial charge in [-0.1, -0.05) is 24.3 Å². The normalized spacial score (nSPS) is 12.1. The molecule has 3 aromatic rings. The predicted octanol–water partition coefficient (Wildman–Crippen LogP) is 1.24. The fourth-order valence-electron chi connectivity index (χ4n) is 2.67. The lowest BCUT2D eigenvalue weighted by atomic mass is 10.1. The topological polar surface area (TPSA) is 76.8 Å². The Kier molecular flexibility index (Phi) is 5.25. The van der Waals surface area contributed by atoms with Gasteiger partial charge in [-0.3, -0.25) is 14.2 Å². The first-order valence-electron chi connectivity index (χ1n) is 8.14. The van der Waals surface area contributed by atoms with E-state index >= 15 is 0 Å². The minimum absolute atomic E-state index is 0.0730. The first-order chi connectivity index (χ1) is 12.2. The third kappa shape index (κ3) is 4.33. The highest BCUT2D eigenvalue weighted by Gasteiger charge is 2.19. The number of amides is 1. The number of carbonyl (C=O) groups excluding carboxylic acids is 1. The number of aryl methyl sites for hydroxylation is 1. The second-order valence-corrected chi connectivity index (χ2v) is 5.91. The van der Waals surface area contributed by atoms with E-state index in [0.717, 1.165) is 17.7 Å². The maximum Gasteiger partial charge on any atom is 0.242 e. The van der Waals surface area contributed by atoms with Gasteiger partial charge in [-0.25, -0.2) is 0 Å². The largest absolute Gasteiger partial charge is 0.350 e. The van der Waals surface area contributed by atoms with Crippen LogP contribution in [-0.4, -0.2) is 32.5 Å². The molecule has 1 amide bonds. The van der Waals surface area contributed by atoms with Crippen molar-refractivity contribution in [3.8, 4) is 0 Å². The molecule has 2 N–H and O–H groups in total. The smallest absolute Gasteiger partial charge is 0.242 e. The summed E-state index contributed by atoms with van der Waals surface area (Å²) in [4.78, 5) is 12.4. The number of nitrogens with one attached hydrogen (secondary N) is 2. The summed E-state index contributed by atoms with van der Waals surface area (Å²) in [5, 5.41) is 14.3. The molecule has 25 heavy (non-hydrogen) atoms. The highest BCUT2D eigenvalue weighted by atomic mass is 16.2. The number of nitrogens with zero attached hydrogens (tertiary/aromatic N) is 4. The van der Waals surface area contributed by atoms with Crippen LogP contribution in [0, 0.1) is 0 Å². The van der Waals surface area contributed by atoms with Gasteiger partial charge in [0.2, 0.25) is 5.91 Å². The van der Waals surface area contributed by atoms with Gasteiger partial charge in [0.05, 0.1) is 12.7 Å². The summed E-state index contributed by atoms with van der Waals surface area (Å²) in [5.41, 5.74) is 3.07. The molecule has 7 nitrogen and oxygen atoms in total. The van der Waals surface area contributed by atoms with Crippen molar-refractivity contribution < 1.29 is 4.79 Å². The Morgan fingerprint density at radius 3 is 2.56 bits per heavy atom. The molecule has 0 aliphatic rings. The van der Waals surface area contributed by atoms with Crippen molar-refractivity contribution in [3.05, 3.63) is 71.8 Å². The zero-order valence-electron chi connectivity index (χ0n) is 14.4. The van der Waals surface area contributed by atoms with Gasteiger partial charge in [0, 0.05) is 37.7 Å². The lowest BCUT2D eigenvalue weighted by Gasteiger charge is -2.14. The lowest BCUT2D eigenvalue weighted by Crippen LogP contribution is -2.35. The second kappa shape index (κ2) is 7.76. The van der Waals surface area contributed by atoms with Crippen molar-refractivity contribution in [1.29, 1.82) is 0 Å². The summed E-state index contributed by atoms with van der Waals surface area (Å²) in [6.07, 6.45) is 7.24. The first-order valence-corrected chi connectivity index (χ1v) is 8.14. The Morgan fingerprint density at radius 2 is 1.96 bits per heavy atom. The van der Waals surface area contributed by atoms with Crippen molar-refractivity contribution >= 4 is 5.91 Å². The van der Waals surface area contributed by atoms with Crippen LogP contribution in [0.15, 0.2) is 55.1 Å². The van der Waals surface area contributed by atoms with E-state index in [1.165, 1.54) is 5.56 Å². The lowest BCUT2D eigenvalue weighted by molar-refractivity contribution is -0.123. The van der Waals surface area contributed by atoms with Gasteiger partial charge >= 0.3 is 0 Å². The van der Waals surface area contributed by atoms with Gasteiger partial charge in [-0.2, -0.15) is 10.2 Å². The standard InChI is InChI=1S/C18H22N6O/c1-19-17(16-11-22-23(2)13-16)18(25)20-10-14-4-6-15(7-5-14)12-24-9-3-8-21-24/h3-9,11,13,17,19H,10,12H2,1-2H3,(H,20,25). The molecule has 7 heteroatoms. The molecule has 0 saturated heterocycles. The van der Waals surface area contributed by atoms with Gasteiger partial charge in [-0.15, -0.1) is 0 Å². The van der Waals surface area contributed by atoms with E-state index in [0.29, 0.717) is 6.54 Å². The van der Waals surface area contributed by atoms with E-state index in [1.807, 2.05) is 42.3 Å². The van der Waals surface area contributed by atoms with E-state index in [9.17, 15) is 4.79 Å². The van der Waals surface area contributed by atoms with Crippen molar-refractivity contribution in [1.82, 2.24) is 30.2 Å². The van der Waals surface area contributed by atoms with Crippen LogP contribution in [0.4, 0.5) is 0 Å². The van der Waals surface area contributed by atoms with Gasteiger partial charge in [0.25, 0.3) is 0 Å². The quantitative estimate of drug-likeness (QED) is 0.680. The van der Waals surface area contributed by atoms with Crippen LogP contribution in [0.1, 0.15) is 22.7 Å². The number of hydrogen-bond acceptors (Lipinski definition) is 4. The molecule has 0 fully saturated rings. The molecule has 3 rings (SSSR count). The van der Waals surface area contributed by atoms with Crippen LogP contribution in [0.3, 0.4) is 0 Å². The average Bonchev–Trinajstić information content (AvgIpc) is 3.27. The van der Waals surface area contributed by atoms with Crippen molar-refractivity contribution in [2.45, 2.75) is 19.1 Å². The molecule has 1 aromatic carbocycles. The molecule has 0 bridgehead atoms. The van der Waals surface area contributed by atoms with E-state index in [2.05, 4.69) is 33.0 Å². The zero-order chi connectivity index (χ0) is 17.6. The van der Waals surface area contributed by atoms with Crippen molar-refractivity contribution in [3.63, 3.8) is 0 Å².